The van der Waals surface area contributed by atoms with E-state index in [4.69, 9.17) is 0 Å². The van der Waals surface area contributed by atoms with Gasteiger partial charge in [-0.2, -0.15) is 0 Å². The number of nitrogens with zero attached hydrogens (tertiary/aromatic N) is 1. The molecule has 3 aromatic rings. The van der Waals surface area contributed by atoms with E-state index in [1.165, 1.54) is 55.4 Å². The minimum atomic E-state index is -2.54. The lowest BCUT2D eigenvalue weighted by atomic mass is 9.87. The number of aryl methyl sites for hydroxylation is 3. The molecular formula is C30H34F2N+. The van der Waals surface area contributed by atoms with Gasteiger partial charge in [-0.3, -0.25) is 0 Å². The SMILES string of the molecule is Cc1cc(C)c(C)c(C2=C(CC(C)C)c3cc(C4CCC(F)(F)C4)cc4cc[n+](C)c2c34)c1. The van der Waals surface area contributed by atoms with Gasteiger partial charge in [-0.15, -0.1) is 0 Å². The van der Waals surface area contributed by atoms with Crippen molar-refractivity contribution in [1.29, 1.82) is 0 Å². The molecule has 1 saturated carbocycles. The molecule has 0 bridgehead atoms. The van der Waals surface area contributed by atoms with E-state index in [0.717, 1.165) is 12.0 Å². The van der Waals surface area contributed by atoms with Crippen LogP contribution in [0.4, 0.5) is 8.78 Å². The smallest absolute Gasteiger partial charge is 0.207 e. The van der Waals surface area contributed by atoms with Crippen LogP contribution in [-0.2, 0) is 7.05 Å². The van der Waals surface area contributed by atoms with E-state index in [-0.39, 0.29) is 18.8 Å². The summed E-state index contributed by atoms with van der Waals surface area (Å²) in [5.41, 5.74) is 11.5. The molecule has 0 N–H and O–H groups in total. The normalized spacial score (nSPS) is 19.4. The standard InChI is InChI=1S/C30H34F2N/c1-17(2)11-25-26-15-23(22-7-9-30(31,32)16-22)14-21-8-10-33(6)29(27(21)26)28(25)24-13-18(3)12-19(4)20(24)5/h8,10,12-15,17,22H,7,9,11,16H2,1-6H3/q+1. The Kier molecular flexibility index (Phi) is 5.23. The van der Waals surface area contributed by atoms with Crippen LogP contribution < -0.4 is 4.57 Å². The summed E-state index contributed by atoms with van der Waals surface area (Å²) >= 11 is 0. The number of hydrogen-bond donors (Lipinski definition) is 0. The molecule has 172 valence electrons. The van der Waals surface area contributed by atoms with Crippen molar-refractivity contribution in [3.05, 3.63) is 75.6 Å². The van der Waals surface area contributed by atoms with Crippen LogP contribution in [0.1, 0.15) is 84.5 Å². The largest absolute Gasteiger partial charge is 0.248 e. The number of hydrogen-bond acceptors (Lipinski definition) is 0. The fourth-order valence-electron chi connectivity index (χ4n) is 6.02. The molecule has 1 nitrogen and oxygen atoms in total. The maximum atomic E-state index is 14.1. The first-order chi connectivity index (χ1) is 15.6. The number of alkyl halides is 2. The number of allylic oxidation sites excluding steroid dienone is 1. The first-order valence-electron chi connectivity index (χ1n) is 12.2. The molecule has 1 aromatic heterocycles. The lowest BCUT2D eigenvalue weighted by molar-refractivity contribution is -0.672. The van der Waals surface area contributed by atoms with E-state index in [9.17, 15) is 8.78 Å². The first kappa shape index (κ1) is 22.3. The second-order valence-electron chi connectivity index (χ2n) is 10.8. The first-order valence-corrected chi connectivity index (χ1v) is 12.2. The van der Waals surface area contributed by atoms with Crippen molar-refractivity contribution in [1.82, 2.24) is 0 Å². The number of halogens is 2. The predicted molar refractivity (Wildman–Crippen MR) is 133 cm³/mol. The summed E-state index contributed by atoms with van der Waals surface area (Å²) in [5, 5.41) is 2.45. The minimum Gasteiger partial charge on any atom is -0.207 e. The predicted octanol–water partition coefficient (Wildman–Crippen LogP) is 7.81. The van der Waals surface area contributed by atoms with Crippen molar-refractivity contribution in [2.45, 2.75) is 72.1 Å². The highest BCUT2D eigenvalue weighted by molar-refractivity contribution is 6.16. The van der Waals surface area contributed by atoms with Gasteiger partial charge < -0.3 is 0 Å². The zero-order valence-corrected chi connectivity index (χ0v) is 20.7. The van der Waals surface area contributed by atoms with Crippen molar-refractivity contribution in [3.63, 3.8) is 0 Å². The van der Waals surface area contributed by atoms with Gasteiger partial charge >= 0.3 is 0 Å². The summed E-state index contributed by atoms with van der Waals surface area (Å²) in [4.78, 5) is 0. The maximum absolute atomic E-state index is 14.1. The van der Waals surface area contributed by atoms with Gasteiger partial charge in [0.25, 0.3) is 0 Å². The molecular weight excluding hydrogens is 412 g/mol. The van der Waals surface area contributed by atoms with Crippen molar-refractivity contribution < 1.29 is 13.3 Å². The van der Waals surface area contributed by atoms with Crippen LogP contribution >= 0.6 is 0 Å². The molecule has 1 atom stereocenters. The van der Waals surface area contributed by atoms with Crippen LogP contribution in [0, 0.1) is 26.7 Å². The second-order valence-corrected chi connectivity index (χ2v) is 10.8. The molecule has 0 saturated heterocycles. The summed E-state index contributed by atoms with van der Waals surface area (Å²) in [5.74, 6) is -2.10. The molecule has 0 aliphatic heterocycles. The fraction of sp³-hybridized carbons (Fsp3) is 0.433. The Hall–Kier alpha value is -2.55. The van der Waals surface area contributed by atoms with E-state index in [1.54, 1.807) is 0 Å². The van der Waals surface area contributed by atoms with Gasteiger partial charge in [-0.25, -0.2) is 13.3 Å². The summed E-state index contributed by atoms with van der Waals surface area (Å²) < 4.78 is 30.4. The van der Waals surface area contributed by atoms with Gasteiger partial charge in [-0.1, -0.05) is 43.7 Å². The Morgan fingerprint density at radius 2 is 1.82 bits per heavy atom. The quantitative estimate of drug-likeness (QED) is 0.360. The van der Waals surface area contributed by atoms with Gasteiger partial charge in [0.2, 0.25) is 11.6 Å². The van der Waals surface area contributed by atoms with E-state index in [2.05, 4.69) is 82.8 Å². The van der Waals surface area contributed by atoms with E-state index >= 15 is 0 Å². The summed E-state index contributed by atoms with van der Waals surface area (Å²) in [6, 6.07) is 11.2. The van der Waals surface area contributed by atoms with Gasteiger partial charge in [0.1, 0.15) is 7.05 Å². The molecule has 0 radical (unpaired) electrons. The molecule has 1 unspecified atom stereocenters. The van der Waals surface area contributed by atoms with Crippen molar-refractivity contribution in [2.75, 3.05) is 0 Å². The van der Waals surface area contributed by atoms with Crippen molar-refractivity contribution >= 4 is 21.9 Å². The van der Waals surface area contributed by atoms with E-state index in [1.807, 2.05) is 0 Å². The van der Waals surface area contributed by atoms with Crippen LogP contribution in [0.3, 0.4) is 0 Å². The summed E-state index contributed by atoms with van der Waals surface area (Å²) in [7, 11) is 2.13. The lowest BCUT2D eigenvalue weighted by Gasteiger charge is -2.16. The lowest BCUT2D eigenvalue weighted by Crippen LogP contribution is -2.32. The Morgan fingerprint density at radius 3 is 2.48 bits per heavy atom. The molecule has 0 amide bonds. The third-order valence-corrected chi connectivity index (χ3v) is 7.69. The molecule has 2 aliphatic rings. The Labute approximate surface area is 196 Å². The Balaban J connectivity index is 1.81. The van der Waals surface area contributed by atoms with Crippen LogP contribution in [-0.4, -0.2) is 5.92 Å². The molecule has 1 heterocycles. The summed E-state index contributed by atoms with van der Waals surface area (Å²) in [6.07, 6.45) is 3.64. The van der Waals surface area contributed by atoms with Gasteiger partial charge in [-0.05, 0) is 84.2 Å². The third kappa shape index (κ3) is 3.70. The van der Waals surface area contributed by atoms with Gasteiger partial charge in [0, 0.05) is 18.9 Å². The monoisotopic (exact) mass is 446 g/mol. The number of aromatic nitrogens is 1. The number of pyridine rings is 1. The highest BCUT2D eigenvalue weighted by Crippen LogP contribution is 2.50. The molecule has 0 spiro atoms. The third-order valence-electron chi connectivity index (χ3n) is 7.69. The average Bonchev–Trinajstić information content (AvgIpc) is 3.25. The topological polar surface area (TPSA) is 3.88 Å². The van der Waals surface area contributed by atoms with Crippen molar-refractivity contribution in [3.8, 4) is 0 Å². The number of rotatable bonds is 4. The Bertz CT molecular complexity index is 1310. The average molecular weight is 447 g/mol. The van der Waals surface area contributed by atoms with Crippen LogP contribution in [0.25, 0.3) is 21.9 Å². The highest BCUT2D eigenvalue weighted by atomic mass is 19.3. The van der Waals surface area contributed by atoms with Gasteiger partial charge in [0.15, 0.2) is 6.20 Å². The summed E-state index contributed by atoms with van der Waals surface area (Å²) in [6.45, 7) is 11.1. The molecule has 3 heteroatoms. The second kappa shape index (κ2) is 7.75. The van der Waals surface area contributed by atoms with Gasteiger partial charge in [0.05, 0.1) is 11.0 Å². The van der Waals surface area contributed by atoms with E-state index < -0.39 is 5.92 Å². The van der Waals surface area contributed by atoms with Crippen LogP contribution in [0.5, 0.6) is 0 Å². The fourth-order valence-corrected chi connectivity index (χ4v) is 6.02. The molecule has 5 rings (SSSR count). The molecule has 1 fully saturated rings. The maximum Gasteiger partial charge on any atom is 0.248 e. The van der Waals surface area contributed by atoms with Crippen LogP contribution in [0.2, 0.25) is 0 Å². The zero-order chi connectivity index (χ0) is 23.7. The van der Waals surface area contributed by atoms with Crippen molar-refractivity contribution in [2.24, 2.45) is 13.0 Å². The molecule has 2 aliphatic carbocycles. The minimum absolute atomic E-state index is 0.00173. The molecule has 2 aromatic carbocycles. The zero-order valence-electron chi connectivity index (χ0n) is 20.7. The molecule has 33 heavy (non-hydrogen) atoms. The number of benzene rings is 2. The van der Waals surface area contributed by atoms with Crippen LogP contribution in [0.15, 0.2) is 36.5 Å². The Morgan fingerprint density at radius 1 is 1.06 bits per heavy atom. The van der Waals surface area contributed by atoms with E-state index in [0.29, 0.717) is 12.3 Å². The highest BCUT2D eigenvalue weighted by Gasteiger charge is 2.41.